The summed E-state index contributed by atoms with van der Waals surface area (Å²) in [5.41, 5.74) is 5.10. The molecule has 22 heavy (non-hydrogen) atoms. The predicted octanol–water partition coefficient (Wildman–Crippen LogP) is 3.99. The maximum absolute atomic E-state index is 6.01. The van der Waals surface area contributed by atoms with Gasteiger partial charge in [0.05, 0.1) is 5.69 Å². The molecule has 5 heteroatoms. The standard InChI is InChI=1S/C17H19ClN4/c1-5-14-16(12-6-8-13(18)9-7-12)17-19-11(2)10-15(21(3)4)22(17)20-14/h6-10H,5H2,1-4H3. The zero-order valence-corrected chi connectivity index (χ0v) is 14.0. The second-order valence-corrected chi connectivity index (χ2v) is 6.00. The average molecular weight is 315 g/mol. The highest BCUT2D eigenvalue weighted by atomic mass is 35.5. The summed E-state index contributed by atoms with van der Waals surface area (Å²) in [6, 6.07) is 9.91. The van der Waals surface area contributed by atoms with E-state index in [1.807, 2.05) is 55.9 Å². The van der Waals surface area contributed by atoms with Crippen molar-refractivity contribution in [3.05, 3.63) is 46.7 Å². The topological polar surface area (TPSA) is 33.4 Å². The molecule has 3 aromatic rings. The Kier molecular flexibility index (Phi) is 3.79. The van der Waals surface area contributed by atoms with Crippen LogP contribution in [0.4, 0.5) is 5.82 Å². The minimum Gasteiger partial charge on any atom is -0.363 e. The Morgan fingerprint density at radius 3 is 2.45 bits per heavy atom. The number of halogens is 1. The van der Waals surface area contributed by atoms with Crippen molar-refractivity contribution in [1.82, 2.24) is 14.6 Å². The fourth-order valence-electron chi connectivity index (χ4n) is 2.64. The predicted molar refractivity (Wildman–Crippen MR) is 91.9 cm³/mol. The molecule has 0 fully saturated rings. The first-order valence-corrected chi connectivity index (χ1v) is 7.71. The third-order valence-corrected chi connectivity index (χ3v) is 3.95. The van der Waals surface area contributed by atoms with Crippen LogP contribution in [0.3, 0.4) is 0 Å². The quantitative estimate of drug-likeness (QED) is 0.733. The fraction of sp³-hybridized carbons (Fsp3) is 0.294. The van der Waals surface area contributed by atoms with Crippen molar-refractivity contribution in [3.8, 4) is 11.1 Å². The summed E-state index contributed by atoms with van der Waals surface area (Å²) in [5, 5.41) is 5.50. The normalized spacial score (nSPS) is 11.1. The van der Waals surface area contributed by atoms with Crippen molar-refractivity contribution < 1.29 is 0 Å². The van der Waals surface area contributed by atoms with Crippen LogP contribution in [0.25, 0.3) is 16.8 Å². The zero-order valence-electron chi connectivity index (χ0n) is 13.3. The van der Waals surface area contributed by atoms with Crippen molar-refractivity contribution in [1.29, 1.82) is 0 Å². The van der Waals surface area contributed by atoms with Gasteiger partial charge in [0.25, 0.3) is 0 Å². The van der Waals surface area contributed by atoms with E-state index in [0.717, 1.165) is 45.4 Å². The van der Waals surface area contributed by atoms with Gasteiger partial charge in [-0.25, -0.2) is 4.98 Å². The summed E-state index contributed by atoms with van der Waals surface area (Å²) in [6.07, 6.45) is 0.854. The highest BCUT2D eigenvalue weighted by Gasteiger charge is 2.18. The number of hydrogen-bond acceptors (Lipinski definition) is 3. The van der Waals surface area contributed by atoms with Gasteiger partial charge in [-0.1, -0.05) is 30.7 Å². The molecule has 0 radical (unpaired) electrons. The first-order valence-electron chi connectivity index (χ1n) is 7.33. The van der Waals surface area contributed by atoms with Gasteiger partial charge >= 0.3 is 0 Å². The minimum absolute atomic E-state index is 0.733. The van der Waals surface area contributed by atoms with Crippen molar-refractivity contribution >= 4 is 23.1 Å². The van der Waals surface area contributed by atoms with Gasteiger partial charge in [0.1, 0.15) is 5.82 Å². The second kappa shape index (κ2) is 5.61. The molecule has 0 aliphatic heterocycles. The summed E-state index contributed by atoms with van der Waals surface area (Å²) in [7, 11) is 4.03. The van der Waals surface area contributed by atoms with Crippen LogP contribution in [0.15, 0.2) is 30.3 Å². The van der Waals surface area contributed by atoms with Gasteiger partial charge in [-0.2, -0.15) is 9.61 Å². The molecule has 3 rings (SSSR count). The highest BCUT2D eigenvalue weighted by Crippen LogP contribution is 2.31. The summed E-state index contributed by atoms with van der Waals surface area (Å²) >= 11 is 6.01. The van der Waals surface area contributed by atoms with Gasteiger partial charge in [0.2, 0.25) is 0 Å². The van der Waals surface area contributed by atoms with Crippen LogP contribution < -0.4 is 4.90 Å². The van der Waals surface area contributed by atoms with Crippen LogP contribution >= 0.6 is 11.6 Å². The van der Waals surface area contributed by atoms with Crippen LogP contribution in [-0.2, 0) is 6.42 Å². The Hall–Kier alpha value is -2.07. The number of rotatable bonds is 3. The SMILES string of the molecule is CCc1nn2c(N(C)C)cc(C)nc2c1-c1ccc(Cl)cc1. The first-order chi connectivity index (χ1) is 10.5. The molecule has 0 bridgehead atoms. The third kappa shape index (κ3) is 2.44. The van der Waals surface area contributed by atoms with E-state index < -0.39 is 0 Å². The first kappa shape index (κ1) is 14.9. The minimum atomic E-state index is 0.733. The van der Waals surface area contributed by atoms with E-state index in [9.17, 15) is 0 Å². The van der Waals surface area contributed by atoms with Gasteiger partial charge in [-0.05, 0) is 31.0 Å². The molecule has 0 N–H and O–H groups in total. The Morgan fingerprint density at radius 2 is 1.86 bits per heavy atom. The van der Waals surface area contributed by atoms with Crippen LogP contribution in [-0.4, -0.2) is 28.7 Å². The Bertz CT molecular complexity index is 819. The van der Waals surface area contributed by atoms with Gasteiger partial charge in [0.15, 0.2) is 5.65 Å². The van der Waals surface area contributed by atoms with E-state index in [4.69, 9.17) is 21.7 Å². The number of hydrogen-bond donors (Lipinski definition) is 0. The van der Waals surface area contributed by atoms with Gasteiger partial charge < -0.3 is 4.90 Å². The zero-order chi connectivity index (χ0) is 15.9. The number of aryl methyl sites for hydroxylation is 2. The van der Waals surface area contributed by atoms with Crippen LogP contribution in [0.5, 0.6) is 0 Å². The monoisotopic (exact) mass is 314 g/mol. The molecule has 2 aromatic heterocycles. The van der Waals surface area contributed by atoms with E-state index in [1.165, 1.54) is 0 Å². The molecule has 4 nitrogen and oxygen atoms in total. The molecular weight excluding hydrogens is 296 g/mol. The molecule has 0 spiro atoms. The summed E-state index contributed by atoms with van der Waals surface area (Å²) in [6.45, 7) is 4.13. The third-order valence-electron chi connectivity index (χ3n) is 3.70. The Labute approximate surface area is 135 Å². The van der Waals surface area contributed by atoms with E-state index >= 15 is 0 Å². The lowest BCUT2D eigenvalue weighted by Gasteiger charge is -2.14. The molecule has 114 valence electrons. The van der Waals surface area contributed by atoms with E-state index in [-0.39, 0.29) is 0 Å². The maximum atomic E-state index is 6.01. The average Bonchev–Trinajstić information content (AvgIpc) is 2.85. The molecular formula is C17H19ClN4. The molecule has 1 aromatic carbocycles. The Morgan fingerprint density at radius 1 is 1.18 bits per heavy atom. The van der Waals surface area contributed by atoms with Gasteiger partial charge in [-0.3, -0.25) is 0 Å². The molecule has 0 aliphatic carbocycles. The summed E-state index contributed by atoms with van der Waals surface area (Å²) in [5.74, 6) is 1.03. The Balaban J connectivity index is 2.35. The number of benzene rings is 1. The lowest BCUT2D eigenvalue weighted by Crippen LogP contribution is -2.14. The number of anilines is 1. The van der Waals surface area contributed by atoms with Gasteiger partial charge in [0, 0.05) is 36.4 Å². The fourth-order valence-corrected chi connectivity index (χ4v) is 2.77. The second-order valence-electron chi connectivity index (χ2n) is 5.57. The van der Waals surface area contributed by atoms with Crippen molar-refractivity contribution in [2.45, 2.75) is 20.3 Å². The molecule has 0 amide bonds. The van der Waals surface area contributed by atoms with Crippen LogP contribution in [0, 0.1) is 6.92 Å². The highest BCUT2D eigenvalue weighted by molar-refractivity contribution is 6.30. The van der Waals surface area contributed by atoms with Crippen molar-refractivity contribution in [2.24, 2.45) is 0 Å². The number of aromatic nitrogens is 3. The summed E-state index contributed by atoms with van der Waals surface area (Å²) < 4.78 is 1.93. The lowest BCUT2D eigenvalue weighted by molar-refractivity contribution is 0.857. The molecule has 0 unspecified atom stereocenters. The van der Waals surface area contributed by atoms with E-state index in [1.54, 1.807) is 0 Å². The van der Waals surface area contributed by atoms with Crippen molar-refractivity contribution in [2.75, 3.05) is 19.0 Å². The van der Waals surface area contributed by atoms with Gasteiger partial charge in [-0.15, -0.1) is 0 Å². The molecule has 0 saturated heterocycles. The molecule has 2 heterocycles. The molecule has 0 saturated carbocycles. The largest absolute Gasteiger partial charge is 0.363 e. The van der Waals surface area contributed by atoms with E-state index in [0.29, 0.717) is 0 Å². The number of nitrogens with zero attached hydrogens (tertiary/aromatic N) is 4. The lowest BCUT2D eigenvalue weighted by atomic mass is 10.0. The molecule has 0 atom stereocenters. The van der Waals surface area contributed by atoms with E-state index in [2.05, 4.69) is 11.8 Å². The number of fused-ring (bicyclic) bond motifs is 1. The molecule has 0 aliphatic rings. The maximum Gasteiger partial charge on any atom is 0.165 e. The summed E-state index contributed by atoms with van der Waals surface area (Å²) in [4.78, 5) is 6.78. The van der Waals surface area contributed by atoms with Crippen LogP contribution in [0.2, 0.25) is 5.02 Å². The van der Waals surface area contributed by atoms with Crippen LogP contribution in [0.1, 0.15) is 18.3 Å². The smallest absolute Gasteiger partial charge is 0.165 e. The van der Waals surface area contributed by atoms with Crippen molar-refractivity contribution in [3.63, 3.8) is 0 Å².